The molecule has 0 atom stereocenters. The minimum atomic E-state index is 0.203. The largest absolute Gasteiger partial charge is 0.352 e. The Bertz CT molecular complexity index is 591. The Morgan fingerprint density at radius 2 is 2.04 bits per heavy atom. The molecule has 2 N–H and O–H groups in total. The van der Waals surface area contributed by atoms with Crippen molar-refractivity contribution in [3.8, 4) is 0 Å². The number of amides is 1. The smallest absolute Gasteiger partial charge is 0.223 e. The molecule has 0 bridgehead atoms. The van der Waals surface area contributed by atoms with Gasteiger partial charge in [0.2, 0.25) is 5.91 Å². The molecule has 1 aromatic rings. The average Bonchev–Trinajstić information content (AvgIpc) is 2.99. The second-order valence-corrected chi connectivity index (χ2v) is 6.88. The number of carbonyl (C=O) groups is 1. The molecule has 0 spiro atoms. The fourth-order valence-corrected chi connectivity index (χ4v) is 3.86. The van der Waals surface area contributed by atoms with E-state index in [4.69, 9.17) is 11.6 Å². The Morgan fingerprint density at radius 1 is 1.26 bits per heavy atom. The van der Waals surface area contributed by atoms with Gasteiger partial charge in [-0.1, -0.05) is 42.7 Å². The summed E-state index contributed by atoms with van der Waals surface area (Å²) in [4.78, 5) is 12.0. The van der Waals surface area contributed by atoms with Crippen LogP contribution in [0, 0.1) is 5.92 Å². The normalized spacial score (nSPS) is 18.8. The summed E-state index contributed by atoms with van der Waals surface area (Å²) in [6.45, 7) is 2.59. The van der Waals surface area contributed by atoms with Crippen LogP contribution in [-0.2, 0) is 17.6 Å². The van der Waals surface area contributed by atoms with Gasteiger partial charge in [-0.3, -0.25) is 4.79 Å². The van der Waals surface area contributed by atoms with Gasteiger partial charge in [0.1, 0.15) is 0 Å². The zero-order chi connectivity index (χ0) is 16.1. The van der Waals surface area contributed by atoms with Crippen molar-refractivity contribution in [1.82, 2.24) is 10.6 Å². The van der Waals surface area contributed by atoms with Crippen LogP contribution in [0.5, 0.6) is 0 Å². The van der Waals surface area contributed by atoms with E-state index in [1.807, 2.05) is 12.1 Å². The standard InChI is InChI=1S/C19H25ClN2O/c20-18-8-7-14-9-12-21-13-10-16(14)17(18)6-3-11-22-19(23)15-4-1-2-5-15/h3,6-8,15,21H,1-2,4-5,9-13H2,(H,22,23)/b6-3-. The van der Waals surface area contributed by atoms with E-state index in [0.717, 1.165) is 49.4 Å². The summed E-state index contributed by atoms with van der Waals surface area (Å²) >= 11 is 6.40. The van der Waals surface area contributed by atoms with E-state index in [2.05, 4.69) is 22.8 Å². The summed E-state index contributed by atoms with van der Waals surface area (Å²) in [7, 11) is 0. The van der Waals surface area contributed by atoms with Crippen molar-refractivity contribution in [2.45, 2.75) is 38.5 Å². The molecule has 1 heterocycles. The summed E-state index contributed by atoms with van der Waals surface area (Å²) in [6, 6.07) is 4.13. The van der Waals surface area contributed by atoms with Crippen LogP contribution in [0.25, 0.3) is 6.08 Å². The molecule has 0 aromatic heterocycles. The van der Waals surface area contributed by atoms with Crippen LogP contribution in [0.3, 0.4) is 0 Å². The van der Waals surface area contributed by atoms with Crippen molar-refractivity contribution in [3.63, 3.8) is 0 Å². The molecule has 23 heavy (non-hydrogen) atoms. The van der Waals surface area contributed by atoms with Gasteiger partial charge in [-0.25, -0.2) is 0 Å². The third kappa shape index (κ3) is 4.15. The third-order valence-electron chi connectivity index (χ3n) is 4.93. The monoisotopic (exact) mass is 332 g/mol. The van der Waals surface area contributed by atoms with E-state index >= 15 is 0 Å². The van der Waals surface area contributed by atoms with E-state index in [-0.39, 0.29) is 11.8 Å². The summed E-state index contributed by atoms with van der Waals surface area (Å²) in [5, 5.41) is 7.25. The highest BCUT2D eigenvalue weighted by Gasteiger charge is 2.21. The maximum Gasteiger partial charge on any atom is 0.223 e. The fraction of sp³-hybridized carbons (Fsp3) is 0.526. The quantitative estimate of drug-likeness (QED) is 0.887. The van der Waals surface area contributed by atoms with Crippen molar-refractivity contribution in [2.75, 3.05) is 19.6 Å². The van der Waals surface area contributed by atoms with Gasteiger partial charge in [-0.2, -0.15) is 0 Å². The van der Waals surface area contributed by atoms with Crippen LogP contribution in [0.2, 0.25) is 5.02 Å². The summed E-state index contributed by atoms with van der Waals surface area (Å²) in [6.07, 6.45) is 10.6. The second kappa shape index (κ2) is 7.98. The molecule has 0 unspecified atom stereocenters. The predicted molar refractivity (Wildman–Crippen MR) is 95.7 cm³/mol. The molecule has 0 radical (unpaired) electrons. The number of carbonyl (C=O) groups excluding carboxylic acids is 1. The Balaban J connectivity index is 1.63. The van der Waals surface area contributed by atoms with Gasteiger partial charge in [0.25, 0.3) is 0 Å². The molecule has 1 fully saturated rings. The molecular weight excluding hydrogens is 308 g/mol. The maximum absolute atomic E-state index is 12.0. The van der Waals surface area contributed by atoms with E-state index in [0.29, 0.717) is 6.54 Å². The number of hydrogen-bond donors (Lipinski definition) is 2. The van der Waals surface area contributed by atoms with Gasteiger partial charge in [0, 0.05) is 17.5 Å². The molecule has 1 aromatic carbocycles. The summed E-state index contributed by atoms with van der Waals surface area (Å²) in [5.41, 5.74) is 3.85. The lowest BCUT2D eigenvalue weighted by atomic mass is 9.96. The molecule has 1 amide bonds. The molecule has 3 rings (SSSR count). The third-order valence-corrected chi connectivity index (χ3v) is 5.26. The van der Waals surface area contributed by atoms with Crippen LogP contribution in [0.1, 0.15) is 42.4 Å². The number of halogens is 1. The van der Waals surface area contributed by atoms with Crippen molar-refractivity contribution in [1.29, 1.82) is 0 Å². The van der Waals surface area contributed by atoms with Crippen LogP contribution in [0.4, 0.5) is 0 Å². The minimum absolute atomic E-state index is 0.203. The number of rotatable bonds is 4. The molecule has 0 saturated heterocycles. The first-order valence-electron chi connectivity index (χ1n) is 8.71. The van der Waals surface area contributed by atoms with Gasteiger partial charge in [-0.05, 0) is 61.5 Å². The molecule has 1 saturated carbocycles. The fourth-order valence-electron chi connectivity index (χ4n) is 3.62. The molecule has 2 aliphatic rings. The van der Waals surface area contributed by atoms with Gasteiger partial charge in [0.15, 0.2) is 0 Å². The number of benzene rings is 1. The molecule has 124 valence electrons. The Labute approximate surface area is 143 Å². The van der Waals surface area contributed by atoms with Crippen molar-refractivity contribution < 1.29 is 4.79 Å². The second-order valence-electron chi connectivity index (χ2n) is 6.48. The first kappa shape index (κ1) is 16.5. The molecule has 1 aliphatic heterocycles. The van der Waals surface area contributed by atoms with E-state index < -0.39 is 0 Å². The first-order valence-corrected chi connectivity index (χ1v) is 9.08. The number of hydrogen-bond acceptors (Lipinski definition) is 2. The number of nitrogens with one attached hydrogen (secondary N) is 2. The van der Waals surface area contributed by atoms with Gasteiger partial charge < -0.3 is 10.6 Å². The van der Waals surface area contributed by atoms with Crippen LogP contribution >= 0.6 is 11.6 Å². The SMILES string of the molecule is O=C(NC/C=C\c1c(Cl)ccc2c1CCNCC2)C1CCCC1. The highest BCUT2D eigenvalue weighted by atomic mass is 35.5. The Hall–Kier alpha value is -1.32. The maximum atomic E-state index is 12.0. The van der Waals surface area contributed by atoms with Crippen LogP contribution in [0.15, 0.2) is 18.2 Å². The van der Waals surface area contributed by atoms with E-state index in [1.54, 1.807) is 0 Å². The lowest BCUT2D eigenvalue weighted by Gasteiger charge is -2.12. The average molecular weight is 333 g/mol. The zero-order valence-corrected chi connectivity index (χ0v) is 14.3. The first-order chi connectivity index (χ1) is 11.3. The summed E-state index contributed by atoms with van der Waals surface area (Å²) in [5.74, 6) is 0.431. The minimum Gasteiger partial charge on any atom is -0.352 e. The number of fused-ring (bicyclic) bond motifs is 1. The van der Waals surface area contributed by atoms with Crippen LogP contribution < -0.4 is 10.6 Å². The van der Waals surface area contributed by atoms with Crippen molar-refractivity contribution in [3.05, 3.63) is 39.9 Å². The topological polar surface area (TPSA) is 41.1 Å². The molecule has 3 nitrogen and oxygen atoms in total. The highest BCUT2D eigenvalue weighted by Crippen LogP contribution is 2.27. The Morgan fingerprint density at radius 3 is 2.87 bits per heavy atom. The van der Waals surface area contributed by atoms with Gasteiger partial charge >= 0.3 is 0 Å². The van der Waals surface area contributed by atoms with Gasteiger partial charge in [-0.15, -0.1) is 0 Å². The summed E-state index contributed by atoms with van der Waals surface area (Å²) < 4.78 is 0. The Kier molecular flexibility index (Phi) is 5.74. The zero-order valence-electron chi connectivity index (χ0n) is 13.5. The van der Waals surface area contributed by atoms with E-state index in [1.165, 1.54) is 24.0 Å². The highest BCUT2D eigenvalue weighted by molar-refractivity contribution is 6.32. The van der Waals surface area contributed by atoms with E-state index in [9.17, 15) is 4.79 Å². The lowest BCUT2D eigenvalue weighted by Crippen LogP contribution is -2.29. The molecular formula is C19H25ClN2O. The van der Waals surface area contributed by atoms with Crippen molar-refractivity contribution in [2.24, 2.45) is 5.92 Å². The van der Waals surface area contributed by atoms with Crippen LogP contribution in [-0.4, -0.2) is 25.5 Å². The lowest BCUT2D eigenvalue weighted by molar-refractivity contribution is -0.124. The predicted octanol–water partition coefficient (Wildman–Crippen LogP) is 3.35. The molecule has 4 heteroatoms. The van der Waals surface area contributed by atoms with Crippen molar-refractivity contribution >= 4 is 23.6 Å². The van der Waals surface area contributed by atoms with Gasteiger partial charge in [0.05, 0.1) is 0 Å². The molecule has 1 aliphatic carbocycles.